The van der Waals surface area contributed by atoms with E-state index in [0.717, 1.165) is 6.54 Å². The monoisotopic (exact) mass is 262 g/mol. The van der Waals surface area contributed by atoms with Crippen molar-refractivity contribution >= 4 is 17.4 Å². The number of nitrogens with one attached hydrogen (secondary N) is 2. The highest BCUT2D eigenvalue weighted by atomic mass is 16.1. The molecule has 0 fully saturated rings. The quantitative estimate of drug-likeness (QED) is 0.586. The number of anilines is 1. The van der Waals surface area contributed by atoms with Gasteiger partial charge in [0.2, 0.25) is 5.91 Å². The zero-order valence-electron chi connectivity index (χ0n) is 11.8. The molecule has 0 saturated heterocycles. The largest absolute Gasteiger partial charge is 0.326 e. The Morgan fingerprint density at radius 3 is 2.63 bits per heavy atom. The number of ketones is 1. The van der Waals surface area contributed by atoms with Gasteiger partial charge in [0.15, 0.2) is 5.78 Å². The van der Waals surface area contributed by atoms with Gasteiger partial charge in [-0.3, -0.25) is 9.59 Å². The molecule has 0 aromatic heterocycles. The Morgan fingerprint density at radius 2 is 2.00 bits per heavy atom. The smallest absolute Gasteiger partial charge is 0.225 e. The number of carbonyl (C=O) groups is 2. The lowest BCUT2D eigenvalue weighted by Gasteiger charge is -2.08. The molecular weight excluding hydrogens is 240 g/mol. The van der Waals surface area contributed by atoms with Crippen LogP contribution in [-0.2, 0) is 4.79 Å². The van der Waals surface area contributed by atoms with E-state index < -0.39 is 0 Å². The minimum atomic E-state index is -0.0445. The molecule has 0 spiro atoms. The molecule has 0 aliphatic heterocycles. The summed E-state index contributed by atoms with van der Waals surface area (Å²) < 4.78 is 0. The Hall–Kier alpha value is -1.68. The van der Waals surface area contributed by atoms with Crippen LogP contribution < -0.4 is 10.6 Å². The van der Waals surface area contributed by atoms with Crippen LogP contribution >= 0.6 is 0 Å². The van der Waals surface area contributed by atoms with Crippen LogP contribution in [0.25, 0.3) is 0 Å². The van der Waals surface area contributed by atoms with E-state index in [4.69, 9.17) is 0 Å². The molecule has 19 heavy (non-hydrogen) atoms. The normalized spacial score (nSPS) is 10.5. The molecule has 0 bridgehead atoms. The Morgan fingerprint density at radius 1 is 1.26 bits per heavy atom. The number of hydrogen-bond acceptors (Lipinski definition) is 3. The van der Waals surface area contributed by atoms with Crippen molar-refractivity contribution in [3.63, 3.8) is 0 Å². The summed E-state index contributed by atoms with van der Waals surface area (Å²) in [5, 5.41) is 6.01. The molecule has 2 N–H and O–H groups in total. The summed E-state index contributed by atoms with van der Waals surface area (Å²) in [6, 6.07) is 6.99. The zero-order chi connectivity index (χ0) is 14.3. The molecular formula is C15H22N2O2. The first-order chi connectivity index (χ1) is 8.99. The summed E-state index contributed by atoms with van der Waals surface area (Å²) in [7, 11) is 0. The second-order valence-corrected chi connectivity index (χ2v) is 5.03. The number of benzene rings is 1. The molecule has 0 aliphatic rings. The number of rotatable bonds is 7. The first-order valence-electron chi connectivity index (χ1n) is 6.60. The van der Waals surface area contributed by atoms with Gasteiger partial charge in [-0.25, -0.2) is 0 Å². The summed E-state index contributed by atoms with van der Waals surface area (Å²) in [5.41, 5.74) is 1.28. The van der Waals surface area contributed by atoms with Crippen LogP contribution in [0.1, 0.15) is 37.6 Å². The van der Waals surface area contributed by atoms with Crippen molar-refractivity contribution in [1.29, 1.82) is 0 Å². The van der Waals surface area contributed by atoms with Crippen LogP contribution in [0, 0.1) is 5.92 Å². The van der Waals surface area contributed by atoms with Crippen molar-refractivity contribution in [2.24, 2.45) is 5.92 Å². The maximum atomic E-state index is 11.7. The van der Waals surface area contributed by atoms with Gasteiger partial charge in [0, 0.05) is 24.2 Å². The van der Waals surface area contributed by atoms with Crippen molar-refractivity contribution in [2.75, 3.05) is 18.4 Å². The molecule has 0 radical (unpaired) electrons. The molecule has 104 valence electrons. The molecule has 1 rings (SSSR count). The standard InChI is InChI=1S/C15H22N2O2/c1-11(2)10-16-8-7-15(19)17-14-6-4-5-13(9-14)12(3)18/h4-6,9,11,16H,7-8,10H2,1-3H3,(H,17,19). The maximum Gasteiger partial charge on any atom is 0.225 e. The summed E-state index contributed by atoms with van der Waals surface area (Å²) in [4.78, 5) is 22.9. The Bertz CT molecular complexity index is 442. The number of hydrogen-bond donors (Lipinski definition) is 2. The van der Waals surface area contributed by atoms with Gasteiger partial charge >= 0.3 is 0 Å². The third-order valence-corrected chi connectivity index (χ3v) is 2.63. The maximum absolute atomic E-state index is 11.7. The molecule has 0 atom stereocenters. The van der Waals surface area contributed by atoms with Gasteiger partial charge in [-0.1, -0.05) is 26.0 Å². The van der Waals surface area contributed by atoms with E-state index in [-0.39, 0.29) is 11.7 Å². The zero-order valence-corrected chi connectivity index (χ0v) is 11.8. The van der Waals surface area contributed by atoms with Crippen molar-refractivity contribution in [2.45, 2.75) is 27.2 Å². The fourth-order valence-electron chi connectivity index (χ4n) is 1.63. The summed E-state index contributed by atoms with van der Waals surface area (Å²) in [6.45, 7) is 7.33. The molecule has 4 nitrogen and oxygen atoms in total. The van der Waals surface area contributed by atoms with E-state index in [9.17, 15) is 9.59 Å². The molecule has 0 aliphatic carbocycles. The van der Waals surface area contributed by atoms with E-state index in [0.29, 0.717) is 30.1 Å². The summed E-state index contributed by atoms with van der Waals surface area (Å²) in [5.74, 6) is 0.530. The minimum Gasteiger partial charge on any atom is -0.326 e. The second kappa shape index (κ2) is 7.69. The number of amides is 1. The van der Waals surface area contributed by atoms with Crippen LogP contribution in [0.2, 0.25) is 0 Å². The van der Waals surface area contributed by atoms with Crippen LogP contribution in [0.15, 0.2) is 24.3 Å². The highest BCUT2D eigenvalue weighted by Crippen LogP contribution is 2.11. The first kappa shape index (κ1) is 15.4. The molecule has 1 aromatic carbocycles. The SMILES string of the molecule is CC(=O)c1cccc(NC(=O)CCNCC(C)C)c1. The second-order valence-electron chi connectivity index (χ2n) is 5.03. The van der Waals surface area contributed by atoms with Gasteiger partial charge in [0.1, 0.15) is 0 Å². The van der Waals surface area contributed by atoms with Crippen LogP contribution in [0.3, 0.4) is 0 Å². The lowest BCUT2D eigenvalue weighted by Crippen LogP contribution is -2.24. The average molecular weight is 262 g/mol. The highest BCUT2D eigenvalue weighted by molar-refractivity contribution is 5.97. The summed E-state index contributed by atoms with van der Waals surface area (Å²) >= 11 is 0. The minimum absolute atomic E-state index is 0.00491. The molecule has 1 aromatic rings. The van der Waals surface area contributed by atoms with Crippen molar-refractivity contribution < 1.29 is 9.59 Å². The molecule has 1 amide bonds. The van der Waals surface area contributed by atoms with E-state index >= 15 is 0 Å². The first-order valence-corrected chi connectivity index (χ1v) is 6.60. The third kappa shape index (κ3) is 6.15. The van der Waals surface area contributed by atoms with E-state index in [1.54, 1.807) is 24.3 Å². The van der Waals surface area contributed by atoms with E-state index in [2.05, 4.69) is 24.5 Å². The van der Waals surface area contributed by atoms with Gasteiger partial charge in [-0.05, 0) is 31.5 Å². The summed E-state index contributed by atoms with van der Waals surface area (Å²) in [6.07, 6.45) is 0.428. The van der Waals surface area contributed by atoms with Gasteiger partial charge < -0.3 is 10.6 Å². The Balaban J connectivity index is 2.40. The van der Waals surface area contributed by atoms with E-state index in [1.807, 2.05) is 0 Å². The van der Waals surface area contributed by atoms with Crippen LogP contribution in [0.4, 0.5) is 5.69 Å². The highest BCUT2D eigenvalue weighted by Gasteiger charge is 2.04. The molecule has 0 saturated carbocycles. The fourth-order valence-corrected chi connectivity index (χ4v) is 1.63. The Labute approximate surface area is 114 Å². The van der Waals surface area contributed by atoms with Crippen molar-refractivity contribution in [3.8, 4) is 0 Å². The molecule has 4 heteroatoms. The van der Waals surface area contributed by atoms with Gasteiger partial charge in [0.25, 0.3) is 0 Å². The van der Waals surface area contributed by atoms with Gasteiger partial charge in [0.05, 0.1) is 0 Å². The molecule has 0 unspecified atom stereocenters. The fraction of sp³-hybridized carbons (Fsp3) is 0.467. The number of carbonyl (C=O) groups excluding carboxylic acids is 2. The Kier molecular flexibility index (Phi) is 6.22. The number of Topliss-reactive ketones (excluding diaryl/α,β-unsaturated/α-hetero) is 1. The van der Waals surface area contributed by atoms with Crippen LogP contribution in [0.5, 0.6) is 0 Å². The molecule has 0 heterocycles. The van der Waals surface area contributed by atoms with Crippen molar-refractivity contribution in [1.82, 2.24) is 5.32 Å². The average Bonchev–Trinajstić information content (AvgIpc) is 2.34. The van der Waals surface area contributed by atoms with Gasteiger partial charge in [-0.15, -0.1) is 0 Å². The van der Waals surface area contributed by atoms with Crippen LogP contribution in [-0.4, -0.2) is 24.8 Å². The van der Waals surface area contributed by atoms with E-state index in [1.165, 1.54) is 6.92 Å². The lowest BCUT2D eigenvalue weighted by atomic mass is 10.1. The third-order valence-electron chi connectivity index (χ3n) is 2.63. The lowest BCUT2D eigenvalue weighted by molar-refractivity contribution is -0.116. The van der Waals surface area contributed by atoms with Gasteiger partial charge in [-0.2, -0.15) is 0 Å². The predicted octanol–water partition coefficient (Wildman–Crippen LogP) is 2.46. The topological polar surface area (TPSA) is 58.2 Å². The predicted molar refractivity (Wildman–Crippen MR) is 77.4 cm³/mol. The van der Waals surface area contributed by atoms with Crippen molar-refractivity contribution in [3.05, 3.63) is 29.8 Å².